The second kappa shape index (κ2) is 9.02. The van der Waals surface area contributed by atoms with Crippen molar-refractivity contribution in [3.05, 3.63) is 59.7 Å². The van der Waals surface area contributed by atoms with Gasteiger partial charge in [0.2, 0.25) is 5.91 Å². The van der Waals surface area contributed by atoms with Crippen LogP contribution in [0.2, 0.25) is 0 Å². The van der Waals surface area contributed by atoms with E-state index in [-0.39, 0.29) is 24.9 Å². The largest absolute Gasteiger partial charge is 0.480 e. The van der Waals surface area contributed by atoms with Crippen molar-refractivity contribution in [2.45, 2.75) is 56.5 Å². The molecule has 7 heteroatoms. The number of hydrogen-bond donors (Lipinski definition) is 3. The van der Waals surface area contributed by atoms with Gasteiger partial charge in [-0.2, -0.15) is 0 Å². The van der Waals surface area contributed by atoms with Crippen LogP contribution in [0.4, 0.5) is 4.79 Å². The molecule has 32 heavy (non-hydrogen) atoms. The summed E-state index contributed by atoms with van der Waals surface area (Å²) in [4.78, 5) is 36.2. The molecule has 0 radical (unpaired) electrons. The van der Waals surface area contributed by atoms with Crippen molar-refractivity contribution in [1.82, 2.24) is 10.6 Å². The van der Waals surface area contributed by atoms with Crippen LogP contribution in [0.3, 0.4) is 0 Å². The van der Waals surface area contributed by atoms with Crippen LogP contribution in [0.15, 0.2) is 48.5 Å². The van der Waals surface area contributed by atoms with Crippen molar-refractivity contribution >= 4 is 18.0 Å². The van der Waals surface area contributed by atoms with Gasteiger partial charge in [0, 0.05) is 12.3 Å². The number of aliphatic carboxylic acids is 1. The van der Waals surface area contributed by atoms with Gasteiger partial charge in [0.05, 0.1) is 5.54 Å². The minimum Gasteiger partial charge on any atom is -0.480 e. The molecule has 0 saturated heterocycles. The molecule has 2 aliphatic rings. The maximum atomic E-state index is 12.6. The summed E-state index contributed by atoms with van der Waals surface area (Å²) in [6.07, 6.45) is 2.01. The summed E-state index contributed by atoms with van der Waals surface area (Å²) in [5.74, 6) is -1.47. The van der Waals surface area contributed by atoms with Gasteiger partial charge in [-0.1, -0.05) is 55.5 Å². The third-order valence-corrected chi connectivity index (χ3v) is 6.56. The van der Waals surface area contributed by atoms with Crippen molar-refractivity contribution in [2.75, 3.05) is 6.61 Å². The highest BCUT2D eigenvalue weighted by Gasteiger charge is 2.41. The Kier molecular flexibility index (Phi) is 6.17. The zero-order chi connectivity index (χ0) is 22.7. The first-order valence-electron chi connectivity index (χ1n) is 11.1. The third-order valence-electron chi connectivity index (χ3n) is 6.56. The zero-order valence-electron chi connectivity index (χ0n) is 18.1. The summed E-state index contributed by atoms with van der Waals surface area (Å²) in [6, 6.07) is 15.3. The molecule has 2 aliphatic carbocycles. The number of nitrogens with one attached hydrogen (secondary N) is 2. The van der Waals surface area contributed by atoms with Gasteiger partial charge in [-0.05, 0) is 47.9 Å². The second-order valence-electron chi connectivity index (χ2n) is 8.63. The standard InChI is InChI=1S/C25H28N2O5/c1-2-21(23(29)30)26-22(28)14-25(12-7-13-25)27-24(31)32-15-20-18-10-5-3-8-16(18)17-9-4-6-11-19(17)20/h3-6,8-11,20-21H,2,7,12-15H2,1H3,(H,26,28)(H,27,31)(H,29,30)/t21-/m0/s1. The summed E-state index contributed by atoms with van der Waals surface area (Å²) in [5.41, 5.74) is 3.92. The number of carboxylic acid groups (broad SMARTS) is 1. The lowest BCUT2D eigenvalue weighted by Gasteiger charge is -2.41. The van der Waals surface area contributed by atoms with E-state index < -0.39 is 23.6 Å². The number of benzene rings is 2. The fourth-order valence-electron chi connectivity index (χ4n) is 4.69. The van der Waals surface area contributed by atoms with Crippen LogP contribution < -0.4 is 10.6 Å². The average molecular weight is 437 g/mol. The number of rotatable bonds is 8. The fraction of sp³-hybridized carbons (Fsp3) is 0.400. The molecular weight excluding hydrogens is 408 g/mol. The Hall–Kier alpha value is -3.35. The Morgan fingerprint density at radius 3 is 2.16 bits per heavy atom. The van der Waals surface area contributed by atoms with Gasteiger partial charge < -0.3 is 20.5 Å². The molecule has 2 aromatic carbocycles. The quantitative estimate of drug-likeness (QED) is 0.584. The number of hydrogen-bond acceptors (Lipinski definition) is 4. The molecule has 7 nitrogen and oxygen atoms in total. The zero-order valence-corrected chi connectivity index (χ0v) is 18.1. The first-order chi connectivity index (χ1) is 15.4. The van der Waals surface area contributed by atoms with E-state index >= 15 is 0 Å². The fourth-order valence-corrected chi connectivity index (χ4v) is 4.69. The number of fused-ring (bicyclic) bond motifs is 3. The maximum Gasteiger partial charge on any atom is 0.407 e. The Balaban J connectivity index is 1.37. The van der Waals surface area contributed by atoms with Gasteiger partial charge in [0.1, 0.15) is 12.6 Å². The molecule has 0 spiro atoms. The molecule has 2 amide bonds. The Morgan fingerprint density at radius 2 is 1.66 bits per heavy atom. The summed E-state index contributed by atoms with van der Waals surface area (Å²) in [6.45, 7) is 1.91. The molecule has 1 fully saturated rings. The molecular formula is C25H28N2O5. The number of ether oxygens (including phenoxy) is 1. The summed E-state index contributed by atoms with van der Waals surface area (Å²) in [5, 5.41) is 14.6. The van der Waals surface area contributed by atoms with Crippen LogP contribution in [0.5, 0.6) is 0 Å². The predicted molar refractivity (Wildman–Crippen MR) is 119 cm³/mol. The van der Waals surface area contributed by atoms with Gasteiger partial charge in [-0.3, -0.25) is 4.79 Å². The van der Waals surface area contributed by atoms with Crippen LogP contribution in [-0.4, -0.2) is 41.3 Å². The third kappa shape index (κ3) is 4.33. The molecule has 0 unspecified atom stereocenters. The van der Waals surface area contributed by atoms with E-state index in [1.807, 2.05) is 24.3 Å². The van der Waals surface area contributed by atoms with Gasteiger partial charge >= 0.3 is 12.1 Å². The monoisotopic (exact) mass is 436 g/mol. The number of carboxylic acids is 1. The second-order valence-corrected chi connectivity index (χ2v) is 8.63. The van der Waals surface area contributed by atoms with Crippen LogP contribution in [0.1, 0.15) is 56.1 Å². The van der Waals surface area contributed by atoms with Crippen molar-refractivity contribution < 1.29 is 24.2 Å². The summed E-state index contributed by atoms with van der Waals surface area (Å²) in [7, 11) is 0. The lowest BCUT2D eigenvalue weighted by molar-refractivity contribution is -0.142. The lowest BCUT2D eigenvalue weighted by Crippen LogP contribution is -2.56. The molecule has 1 saturated carbocycles. The average Bonchev–Trinajstić information content (AvgIpc) is 3.08. The molecule has 3 N–H and O–H groups in total. The van der Waals surface area contributed by atoms with Crippen molar-refractivity contribution in [2.24, 2.45) is 0 Å². The number of carbonyl (C=O) groups is 3. The Bertz CT molecular complexity index is 985. The SMILES string of the molecule is CC[C@H](NC(=O)CC1(NC(=O)OCC2c3ccccc3-c3ccccc32)CCC1)C(=O)O. The van der Waals surface area contributed by atoms with E-state index in [0.29, 0.717) is 19.3 Å². The van der Waals surface area contributed by atoms with Crippen LogP contribution in [0.25, 0.3) is 11.1 Å². The van der Waals surface area contributed by atoms with Crippen LogP contribution >= 0.6 is 0 Å². The minimum absolute atomic E-state index is 0.0327. The molecule has 168 valence electrons. The minimum atomic E-state index is -1.06. The number of amides is 2. The van der Waals surface area contributed by atoms with Gasteiger partial charge in [-0.15, -0.1) is 0 Å². The topological polar surface area (TPSA) is 105 Å². The highest BCUT2D eigenvalue weighted by Crippen LogP contribution is 2.44. The van der Waals surface area contributed by atoms with Gasteiger partial charge in [0.15, 0.2) is 0 Å². The predicted octanol–water partition coefficient (Wildman–Crippen LogP) is 3.82. The molecule has 4 rings (SSSR count). The van der Waals surface area contributed by atoms with E-state index in [1.54, 1.807) is 6.92 Å². The van der Waals surface area contributed by atoms with Crippen molar-refractivity contribution in [3.8, 4) is 11.1 Å². The highest BCUT2D eigenvalue weighted by atomic mass is 16.5. The van der Waals surface area contributed by atoms with Crippen LogP contribution in [-0.2, 0) is 14.3 Å². The molecule has 0 aliphatic heterocycles. The van der Waals surface area contributed by atoms with E-state index in [1.165, 1.54) is 0 Å². The first-order valence-corrected chi connectivity index (χ1v) is 11.1. The maximum absolute atomic E-state index is 12.6. The smallest absolute Gasteiger partial charge is 0.407 e. The molecule has 0 aromatic heterocycles. The van der Waals surface area contributed by atoms with Gasteiger partial charge in [0.25, 0.3) is 0 Å². The Labute approximate surface area is 187 Å². The summed E-state index contributed by atoms with van der Waals surface area (Å²) < 4.78 is 5.62. The normalized spacial score (nSPS) is 16.8. The summed E-state index contributed by atoms with van der Waals surface area (Å²) >= 11 is 0. The van der Waals surface area contributed by atoms with Crippen molar-refractivity contribution in [1.29, 1.82) is 0 Å². The van der Waals surface area contributed by atoms with E-state index in [9.17, 15) is 14.4 Å². The van der Waals surface area contributed by atoms with E-state index in [2.05, 4.69) is 34.9 Å². The molecule has 0 bridgehead atoms. The lowest BCUT2D eigenvalue weighted by atomic mass is 9.74. The first kappa shape index (κ1) is 21.9. The number of carbonyl (C=O) groups excluding carboxylic acids is 2. The van der Waals surface area contributed by atoms with E-state index in [4.69, 9.17) is 9.84 Å². The van der Waals surface area contributed by atoms with Crippen LogP contribution in [0, 0.1) is 0 Å². The van der Waals surface area contributed by atoms with E-state index in [0.717, 1.165) is 28.7 Å². The molecule has 2 aromatic rings. The number of alkyl carbamates (subject to hydrolysis) is 1. The van der Waals surface area contributed by atoms with Crippen molar-refractivity contribution in [3.63, 3.8) is 0 Å². The molecule has 0 heterocycles. The molecule has 1 atom stereocenters. The highest BCUT2D eigenvalue weighted by molar-refractivity contribution is 5.85. The van der Waals surface area contributed by atoms with Gasteiger partial charge in [-0.25, -0.2) is 9.59 Å². The Morgan fingerprint density at radius 1 is 1.06 bits per heavy atom.